The number of amides is 1. The third kappa shape index (κ3) is 6.16. The van der Waals surface area contributed by atoms with Crippen molar-refractivity contribution < 1.29 is 9.90 Å². The Labute approximate surface area is 74.2 Å². The van der Waals surface area contributed by atoms with Gasteiger partial charge in [0.2, 0.25) is 5.91 Å². The number of carbonyl (C=O) groups is 1. The summed E-state index contributed by atoms with van der Waals surface area (Å²) in [5, 5.41) is 11.3. The monoisotopic (exact) mass is 173 g/mol. The Balaban J connectivity index is 3.33. The summed E-state index contributed by atoms with van der Waals surface area (Å²) < 4.78 is 0. The van der Waals surface area contributed by atoms with Gasteiger partial charge in [0.05, 0.1) is 6.61 Å². The van der Waals surface area contributed by atoms with Gasteiger partial charge in [-0.3, -0.25) is 4.79 Å². The Bertz CT molecular complexity index is 126. The summed E-state index contributed by atoms with van der Waals surface area (Å²) in [5.74, 6) is 0.0463. The maximum atomic E-state index is 11.1. The van der Waals surface area contributed by atoms with E-state index < -0.39 is 0 Å². The second-order valence-corrected chi connectivity index (χ2v) is 3.11. The minimum Gasteiger partial charge on any atom is -0.394 e. The van der Waals surface area contributed by atoms with Crippen molar-refractivity contribution in [2.24, 2.45) is 0 Å². The molecule has 0 fully saturated rings. The van der Waals surface area contributed by atoms with Crippen LogP contribution in [0.15, 0.2) is 0 Å². The van der Waals surface area contributed by atoms with Crippen LogP contribution in [-0.2, 0) is 4.79 Å². The summed E-state index contributed by atoms with van der Waals surface area (Å²) >= 11 is 0. The van der Waals surface area contributed by atoms with Crippen LogP contribution in [-0.4, -0.2) is 23.7 Å². The predicted molar refractivity (Wildman–Crippen MR) is 48.8 cm³/mol. The Morgan fingerprint density at radius 2 is 2.17 bits per heavy atom. The van der Waals surface area contributed by atoms with Gasteiger partial charge in [0.1, 0.15) is 0 Å². The lowest BCUT2D eigenvalue weighted by atomic mass is 10.2. The molecular formula is C9H19NO2. The normalized spacial score (nSPS) is 12.6. The Morgan fingerprint density at radius 3 is 2.67 bits per heavy atom. The van der Waals surface area contributed by atoms with Crippen LogP contribution in [0.2, 0.25) is 0 Å². The summed E-state index contributed by atoms with van der Waals surface area (Å²) in [4.78, 5) is 11.1. The molecule has 0 saturated heterocycles. The van der Waals surface area contributed by atoms with Crippen LogP contribution in [0, 0.1) is 0 Å². The van der Waals surface area contributed by atoms with Gasteiger partial charge in [-0.05, 0) is 13.3 Å². The lowest BCUT2D eigenvalue weighted by molar-refractivity contribution is -0.122. The summed E-state index contributed by atoms with van der Waals surface area (Å²) in [6, 6.07) is -0.112. The van der Waals surface area contributed by atoms with E-state index in [1.807, 2.05) is 0 Å². The van der Waals surface area contributed by atoms with Crippen LogP contribution in [0.3, 0.4) is 0 Å². The van der Waals surface area contributed by atoms with Gasteiger partial charge in [-0.25, -0.2) is 0 Å². The second-order valence-electron chi connectivity index (χ2n) is 3.11. The molecule has 0 rings (SSSR count). The van der Waals surface area contributed by atoms with Crippen molar-refractivity contribution in [1.29, 1.82) is 0 Å². The molecule has 0 bridgehead atoms. The largest absolute Gasteiger partial charge is 0.394 e. The van der Waals surface area contributed by atoms with Crippen LogP contribution < -0.4 is 5.32 Å². The highest BCUT2D eigenvalue weighted by Crippen LogP contribution is 1.98. The zero-order valence-corrected chi connectivity index (χ0v) is 7.97. The molecule has 3 nitrogen and oxygen atoms in total. The van der Waals surface area contributed by atoms with E-state index in [2.05, 4.69) is 12.2 Å². The number of hydrogen-bond acceptors (Lipinski definition) is 2. The maximum absolute atomic E-state index is 11.1. The SMILES string of the molecule is CCCCCC(=O)N[C@@H](C)CO. The topological polar surface area (TPSA) is 49.3 Å². The van der Waals surface area contributed by atoms with E-state index in [9.17, 15) is 4.79 Å². The molecule has 1 amide bonds. The van der Waals surface area contributed by atoms with E-state index in [-0.39, 0.29) is 18.6 Å². The standard InChI is InChI=1S/C9H19NO2/c1-3-4-5-6-9(12)10-8(2)7-11/h8,11H,3-7H2,1-2H3,(H,10,12)/t8-/m0/s1. The van der Waals surface area contributed by atoms with E-state index in [1.165, 1.54) is 0 Å². The molecule has 72 valence electrons. The Kier molecular flexibility index (Phi) is 6.76. The molecule has 2 N–H and O–H groups in total. The zero-order chi connectivity index (χ0) is 9.40. The van der Waals surface area contributed by atoms with Crippen molar-refractivity contribution in [2.75, 3.05) is 6.61 Å². The Morgan fingerprint density at radius 1 is 1.50 bits per heavy atom. The molecule has 0 aliphatic rings. The minimum absolute atomic E-state index is 0.0134. The van der Waals surface area contributed by atoms with Crippen LogP contribution in [0.5, 0.6) is 0 Å². The molecule has 0 heterocycles. The molecule has 12 heavy (non-hydrogen) atoms. The van der Waals surface area contributed by atoms with Gasteiger partial charge in [0.15, 0.2) is 0 Å². The molecule has 0 aromatic carbocycles. The van der Waals surface area contributed by atoms with E-state index in [1.54, 1.807) is 6.92 Å². The lowest BCUT2D eigenvalue weighted by Gasteiger charge is -2.09. The Hall–Kier alpha value is -0.570. The molecule has 1 atom stereocenters. The van der Waals surface area contributed by atoms with Gasteiger partial charge in [-0.1, -0.05) is 19.8 Å². The van der Waals surface area contributed by atoms with Crippen molar-refractivity contribution in [2.45, 2.75) is 45.6 Å². The zero-order valence-electron chi connectivity index (χ0n) is 7.97. The molecule has 0 radical (unpaired) electrons. The highest BCUT2D eigenvalue weighted by Gasteiger charge is 2.04. The predicted octanol–water partition coefficient (Wildman–Crippen LogP) is 1.06. The van der Waals surface area contributed by atoms with Gasteiger partial charge in [-0.2, -0.15) is 0 Å². The van der Waals surface area contributed by atoms with Gasteiger partial charge >= 0.3 is 0 Å². The first-order valence-electron chi connectivity index (χ1n) is 4.61. The van der Waals surface area contributed by atoms with Gasteiger partial charge in [0, 0.05) is 12.5 Å². The second kappa shape index (κ2) is 7.10. The summed E-state index contributed by atoms with van der Waals surface area (Å²) in [6.45, 7) is 3.91. The summed E-state index contributed by atoms with van der Waals surface area (Å²) in [5.41, 5.74) is 0. The average molecular weight is 173 g/mol. The van der Waals surface area contributed by atoms with Crippen LogP contribution in [0.1, 0.15) is 39.5 Å². The van der Waals surface area contributed by atoms with E-state index >= 15 is 0 Å². The summed E-state index contributed by atoms with van der Waals surface area (Å²) in [6.07, 6.45) is 3.75. The maximum Gasteiger partial charge on any atom is 0.220 e. The molecule has 0 unspecified atom stereocenters. The number of unbranched alkanes of at least 4 members (excludes halogenated alkanes) is 2. The molecule has 0 aliphatic carbocycles. The first-order chi connectivity index (χ1) is 5.70. The number of carbonyl (C=O) groups excluding carboxylic acids is 1. The van der Waals surface area contributed by atoms with Crippen LogP contribution >= 0.6 is 0 Å². The third-order valence-corrected chi connectivity index (χ3v) is 1.69. The molecule has 0 aliphatic heterocycles. The fourth-order valence-electron chi connectivity index (χ4n) is 0.928. The van der Waals surface area contributed by atoms with E-state index in [4.69, 9.17) is 5.11 Å². The first kappa shape index (κ1) is 11.4. The molecule has 0 saturated carbocycles. The fraction of sp³-hybridized carbons (Fsp3) is 0.889. The summed E-state index contributed by atoms with van der Waals surface area (Å²) in [7, 11) is 0. The van der Waals surface area contributed by atoms with Crippen LogP contribution in [0.4, 0.5) is 0 Å². The molecule has 3 heteroatoms. The first-order valence-corrected chi connectivity index (χ1v) is 4.61. The quantitative estimate of drug-likeness (QED) is 0.590. The van der Waals surface area contributed by atoms with Gasteiger partial charge in [-0.15, -0.1) is 0 Å². The van der Waals surface area contributed by atoms with E-state index in [0.29, 0.717) is 6.42 Å². The van der Waals surface area contributed by atoms with Crippen molar-refractivity contribution in [1.82, 2.24) is 5.32 Å². The minimum atomic E-state index is -0.112. The third-order valence-electron chi connectivity index (χ3n) is 1.69. The molecular weight excluding hydrogens is 154 g/mol. The van der Waals surface area contributed by atoms with Crippen molar-refractivity contribution in [3.8, 4) is 0 Å². The smallest absolute Gasteiger partial charge is 0.220 e. The van der Waals surface area contributed by atoms with Crippen molar-refractivity contribution in [3.05, 3.63) is 0 Å². The highest BCUT2D eigenvalue weighted by molar-refractivity contribution is 5.76. The van der Waals surface area contributed by atoms with Crippen molar-refractivity contribution >= 4 is 5.91 Å². The number of rotatable bonds is 6. The van der Waals surface area contributed by atoms with Crippen LogP contribution in [0.25, 0.3) is 0 Å². The average Bonchev–Trinajstić information content (AvgIpc) is 2.05. The lowest BCUT2D eigenvalue weighted by Crippen LogP contribution is -2.34. The fourth-order valence-corrected chi connectivity index (χ4v) is 0.928. The number of hydrogen-bond donors (Lipinski definition) is 2. The number of aliphatic hydroxyl groups excluding tert-OH is 1. The highest BCUT2D eigenvalue weighted by atomic mass is 16.3. The number of nitrogens with one attached hydrogen (secondary N) is 1. The van der Waals surface area contributed by atoms with Crippen molar-refractivity contribution in [3.63, 3.8) is 0 Å². The van der Waals surface area contributed by atoms with Gasteiger partial charge < -0.3 is 10.4 Å². The molecule has 0 spiro atoms. The molecule has 0 aromatic rings. The molecule has 0 aromatic heterocycles. The number of aliphatic hydroxyl groups is 1. The van der Waals surface area contributed by atoms with Gasteiger partial charge in [0.25, 0.3) is 0 Å². The van der Waals surface area contributed by atoms with E-state index in [0.717, 1.165) is 19.3 Å².